The molecule has 24 heavy (non-hydrogen) atoms. The summed E-state index contributed by atoms with van der Waals surface area (Å²) < 4.78 is 10.1. The third-order valence-corrected chi connectivity index (χ3v) is 5.21. The number of hydrogen-bond donors (Lipinski definition) is 1. The molecule has 1 saturated carbocycles. The zero-order chi connectivity index (χ0) is 17.1. The van der Waals surface area contributed by atoms with Gasteiger partial charge in [0.2, 0.25) is 5.91 Å². The van der Waals surface area contributed by atoms with Gasteiger partial charge in [-0.1, -0.05) is 17.7 Å². The Morgan fingerprint density at radius 3 is 2.75 bits per heavy atom. The number of carbonyl (C=O) groups is 1. The fourth-order valence-corrected chi connectivity index (χ4v) is 3.92. The lowest BCUT2D eigenvalue weighted by Crippen LogP contribution is -2.42. The van der Waals surface area contributed by atoms with Crippen molar-refractivity contribution in [2.75, 3.05) is 33.9 Å². The van der Waals surface area contributed by atoms with Crippen LogP contribution in [0.2, 0.25) is 5.02 Å². The van der Waals surface area contributed by atoms with E-state index in [0.29, 0.717) is 16.7 Å². The van der Waals surface area contributed by atoms with Crippen LogP contribution in [0.15, 0.2) is 18.2 Å². The molecule has 1 amide bonds. The van der Waals surface area contributed by atoms with Crippen LogP contribution < -0.4 is 10.1 Å². The molecule has 2 aliphatic rings. The molecule has 1 aliphatic heterocycles. The molecule has 1 saturated heterocycles. The lowest BCUT2D eigenvalue weighted by atomic mass is 9.98. The molecule has 0 unspecified atom stereocenters. The van der Waals surface area contributed by atoms with Crippen molar-refractivity contribution in [2.24, 2.45) is 11.8 Å². The molecular weight excluding hydrogens is 328 g/mol. The molecule has 0 aromatic heterocycles. The van der Waals surface area contributed by atoms with Crippen LogP contribution in [0.4, 0.5) is 0 Å². The first kappa shape index (κ1) is 17.5. The van der Waals surface area contributed by atoms with Gasteiger partial charge in [-0.05, 0) is 42.4 Å². The average Bonchev–Trinajstić information content (AvgIpc) is 3.31. The summed E-state index contributed by atoms with van der Waals surface area (Å²) in [5, 5.41) is 3.78. The molecule has 1 aliphatic carbocycles. The van der Waals surface area contributed by atoms with Gasteiger partial charge in [-0.15, -0.1) is 0 Å². The van der Waals surface area contributed by atoms with Gasteiger partial charge < -0.3 is 14.8 Å². The highest BCUT2D eigenvalue weighted by Gasteiger charge is 2.42. The number of likely N-dealkylation sites (tertiary alicyclic amines) is 1. The third-order valence-electron chi connectivity index (χ3n) is 4.91. The van der Waals surface area contributed by atoms with Crippen LogP contribution in [0.5, 0.6) is 5.75 Å². The van der Waals surface area contributed by atoms with Gasteiger partial charge >= 0.3 is 0 Å². The van der Waals surface area contributed by atoms with Gasteiger partial charge in [-0.25, -0.2) is 0 Å². The molecule has 1 N–H and O–H groups in total. The Morgan fingerprint density at radius 2 is 2.12 bits per heavy atom. The zero-order valence-electron chi connectivity index (χ0n) is 14.3. The molecule has 0 bridgehead atoms. The van der Waals surface area contributed by atoms with Crippen molar-refractivity contribution < 1.29 is 14.3 Å². The van der Waals surface area contributed by atoms with Crippen LogP contribution in [0.3, 0.4) is 0 Å². The minimum Gasteiger partial charge on any atom is -0.495 e. The first-order valence-electron chi connectivity index (χ1n) is 8.43. The van der Waals surface area contributed by atoms with Crippen molar-refractivity contribution in [1.82, 2.24) is 10.2 Å². The second-order valence-electron chi connectivity index (χ2n) is 6.77. The quantitative estimate of drug-likeness (QED) is 0.818. The van der Waals surface area contributed by atoms with Crippen molar-refractivity contribution >= 4 is 17.5 Å². The number of nitrogens with one attached hydrogen (secondary N) is 1. The molecular formula is C18H25ClN2O3. The largest absolute Gasteiger partial charge is 0.495 e. The zero-order valence-corrected chi connectivity index (χ0v) is 15.0. The summed E-state index contributed by atoms with van der Waals surface area (Å²) in [4.78, 5) is 14.3. The number of halogens is 1. The van der Waals surface area contributed by atoms with Gasteiger partial charge in [0.25, 0.3) is 0 Å². The van der Waals surface area contributed by atoms with E-state index in [-0.39, 0.29) is 18.6 Å². The van der Waals surface area contributed by atoms with Crippen LogP contribution in [0, 0.1) is 11.8 Å². The fourth-order valence-electron chi connectivity index (χ4n) is 3.64. The second-order valence-corrected chi connectivity index (χ2v) is 7.18. The van der Waals surface area contributed by atoms with E-state index in [1.54, 1.807) is 14.2 Å². The topological polar surface area (TPSA) is 50.8 Å². The molecule has 1 heterocycles. The summed E-state index contributed by atoms with van der Waals surface area (Å²) in [5.74, 6) is 1.96. The summed E-state index contributed by atoms with van der Waals surface area (Å²) in [6.07, 6.45) is 2.56. The Labute approximate surface area is 148 Å². The highest BCUT2D eigenvalue weighted by atomic mass is 35.5. The van der Waals surface area contributed by atoms with Crippen molar-refractivity contribution in [3.05, 3.63) is 28.8 Å². The molecule has 1 aromatic rings. The van der Waals surface area contributed by atoms with Gasteiger partial charge in [-0.2, -0.15) is 0 Å². The van der Waals surface area contributed by atoms with E-state index >= 15 is 0 Å². The average molecular weight is 353 g/mol. The number of carbonyl (C=O) groups excluding carboxylic acids is 1. The summed E-state index contributed by atoms with van der Waals surface area (Å²) in [7, 11) is 3.17. The summed E-state index contributed by atoms with van der Waals surface area (Å²) in [6, 6.07) is 6.13. The Balaban J connectivity index is 1.62. The van der Waals surface area contributed by atoms with E-state index in [4.69, 9.17) is 21.1 Å². The molecule has 5 nitrogen and oxygen atoms in total. The molecule has 3 rings (SSSR count). The maximum Gasteiger partial charge on any atom is 0.246 e. The smallest absolute Gasteiger partial charge is 0.246 e. The highest BCUT2D eigenvalue weighted by Crippen LogP contribution is 2.41. The number of amides is 1. The number of ether oxygens (including phenoxy) is 2. The van der Waals surface area contributed by atoms with E-state index in [2.05, 4.69) is 10.2 Å². The minimum absolute atomic E-state index is 0.0255. The van der Waals surface area contributed by atoms with Crippen LogP contribution in [-0.2, 0) is 16.1 Å². The van der Waals surface area contributed by atoms with Gasteiger partial charge in [0.15, 0.2) is 0 Å². The Kier molecular flexibility index (Phi) is 5.64. The monoisotopic (exact) mass is 352 g/mol. The van der Waals surface area contributed by atoms with Crippen molar-refractivity contribution in [3.8, 4) is 5.75 Å². The third kappa shape index (κ3) is 4.21. The number of hydrogen-bond acceptors (Lipinski definition) is 4. The number of methoxy groups -OCH3 is 2. The van der Waals surface area contributed by atoms with Gasteiger partial charge in [0.05, 0.1) is 12.1 Å². The molecule has 132 valence electrons. The molecule has 0 radical (unpaired) electrons. The van der Waals surface area contributed by atoms with Crippen LogP contribution in [0.25, 0.3) is 0 Å². The molecule has 2 atom stereocenters. The minimum atomic E-state index is -0.0255. The maximum absolute atomic E-state index is 11.9. The Hall–Kier alpha value is -1.30. The molecule has 0 spiro atoms. The van der Waals surface area contributed by atoms with Gasteiger partial charge in [0, 0.05) is 32.8 Å². The van der Waals surface area contributed by atoms with Crippen LogP contribution >= 0.6 is 11.6 Å². The summed E-state index contributed by atoms with van der Waals surface area (Å²) in [5.41, 5.74) is 1.17. The maximum atomic E-state index is 11.9. The van der Waals surface area contributed by atoms with E-state index in [0.717, 1.165) is 25.6 Å². The van der Waals surface area contributed by atoms with Gasteiger partial charge in [0.1, 0.15) is 12.4 Å². The normalized spacial score (nSPS) is 24.1. The first-order valence-corrected chi connectivity index (χ1v) is 8.81. The molecule has 1 aromatic carbocycles. The van der Waals surface area contributed by atoms with Crippen LogP contribution in [-0.4, -0.2) is 50.8 Å². The van der Waals surface area contributed by atoms with Gasteiger partial charge in [-0.3, -0.25) is 9.69 Å². The standard InChI is InChI=1S/C18H25ClN2O3/c1-23-11-18(22)20-16-10-21(9-14(16)13-4-5-13)8-12-3-6-17(24-2)15(19)7-12/h3,6-7,13-14,16H,4-5,8-11H2,1-2H3,(H,20,22)/t14-,16+/m1/s1. The van der Waals surface area contributed by atoms with Crippen molar-refractivity contribution in [2.45, 2.75) is 25.4 Å². The predicted octanol–water partition coefficient (Wildman–Crippen LogP) is 2.32. The van der Waals surface area contributed by atoms with Crippen molar-refractivity contribution in [3.63, 3.8) is 0 Å². The number of rotatable bonds is 7. The Morgan fingerprint density at radius 1 is 1.33 bits per heavy atom. The Bertz CT molecular complexity index is 592. The second kappa shape index (κ2) is 7.72. The lowest BCUT2D eigenvalue weighted by Gasteiger charge is -2.19. The highest BCUT2D eigenvalue weighted by molar-refractivity contribution is 6.32. The van der Waals surface area contributed by atoms with Crippen molar-refractivity contribution in [1.29, 1.82) is 0 Å². The number of nitrogens with zero attached hydrogens (tertiary/aromatic N) is 1. The molecule has 2 fully saturated rings. The van der Waals surface area contributed by atoms with E-state index < -0.39 is 0 Å². The molecule has 6 heteroatoms. The van der Waals surface area contributed by atoms with Crippen LogP contribution in [0.1, 0.15) is 18.4 Å². The fraction of sp³-hybridized carbons (Fsp3) is 0.611. The SMILES string of the molecule is COCC(=O)N[C@H]1CN(Cc2ccc(OC)c(Cl)c2)C[C@@H]1C1CC1. The first-order chi connectivity index (χ1) is 11.6. The lowest BCUT2D eigenvalue weighted by molar-refractivity contribution is -0.125. The summed E-state index contributed by atoms with van der Waals surface area (Å²) in [6.45, 7) is 2.86. The van der Waals surface area contributed by atoms with E-state index in [1.807, 2.05) is 18.2 Å². The van der Waals surface area contributed by atoms with E-state index in [1.165, 1.54) is 18.4 Å². The summed E-state index contributed by atoms with van der Waals surface area (Å²) >= 11 is 6.22. The number of benzene rings is 1. The predicted molar refractivity (Wildman–Crippen MR) is 93.3 cm³/mol. The van der Waals surface area contributed by atoms with E-state index in [9.17, 15) is 4.79 Å².